The van der Waals surface area contributed by atoms with E-state index in [9.17, 15) is 14.7 Å². The van der Waals surface area contributed by atoms with E-state index < -0.39 is 11.6 Å². The number of amides is 1. The molecule has 5 nitrogen and oxygen atoms in total. The van der Waals surface area contributed by atoms with Gasteiger partial charge in [0.05, 0.1) is 5.92 Å². The molecule has 2 unspecified atom stereocenters. The summed E-state index contributed by atoms with van der Waals surface area (Å²) in [6.07, 6.45) is 3.38. The Morgan fingerprint density at radius 3 is 2.45 bits per heavy atom. The first-order valence-electron chi connectivity index (χ1n) is 7.47. The Balaban J connectivity index is 1.82. The molecule has 1 heterocycles. The lowest BCUT2D eigenvalue weighted by molar-refractivity contribution is -0.143. The van der Waals surface area contributed by atoms with Crippen LogP contribution in [-0.2, 0) is 9.53 Å². The van der Waals surface area contributed by atoms with E-state index in [2.05, 4.69) is 0 Å². The first-order chi connectivity index (χ1) is 9.26. The van der Waals surface area contributed by atoms with Crippen LogP contribution in [0.5, 0.6) is 0 Å². The van der Waals surface area contributed by atoms with Crippen LogP contribution in [0.1, 0.15) is 46.5 Å². The molecule has 0 bridgehead atoms. The molecule has 1 saturated heterocycles. The van der Waals surface area contributed by atoms with Gasteiger partial charge < -0.3 is 14.7 Å². The van der Waals surface area contributed by atoms with Gasteiger partial charge in [0.1, 0.15) is 5.60 Å². The van der Waals surface area contributed by atoms with Crippen LogP contribution in [0.4, 0.5) is 4.79 Å². The third-order valence-electron chi connectivity index (χ3n) is 4.03. The van der Waals surface area contributed by atoms with Crippen LogP contribution < -0.4 is 0 Å². The molecule has 0 aromatic carbocycles. The summed E-state index contributed by atoms with van der Waals surface area (Å²) in [5.74, 6) is -0.242. The minimum absolute atomic E-state index is 0.224. The number of carboxylic acid groups (broad SMARTS) is 1. The van der Waals surface area contributed by atoms with Crippen molar-refractivity contribution < 1.29 is 19.4 Å². The zero-order valence-corrected chi connectivity index (χ0v) is 12.6. The molecule has 5 heteroatoms. The molecule has 0 aromatic heterocycles. The molecule has 114 valence electrons. The van der Waals surface area contributed by atoms with Crippen LogP contribution in [0.25, 0.3) is 0 Å². The van der Waals surface area contributed by atoms with E-state index in [0.717, 1.165) is 19.3 Å². The number of carboxylic acids is 1. The molecule has 1 saturated carbocycles. The van der Waals surface area contributed by atoms with Gasteiger partial charge in [-0.25, -0.2) is 4.79 Å². The summed E-state index contributed by atoms with van der Waals surface area (Å²) in [5, 5.41) is 9.27. The molecule has 0 aromatic rings. The fourth-order valence-electron chi connectivity index (χ4n) is 2.87. The highest BCUT2D eigenvalue weighted by atomic mass is 16.6. The van der Waals surface area contributed by atoms with Crippen LogP contribution in [0.2, 0.25) is 0 Å². The topological polar surface area (TPSA) is 66.8 Å². The molecule has 2 fully saturated rings. The maximum absolute atomic E-state index is 12.0. The van der Waals surface area contributed by atoms with Crippen LogP contribution in [0.15, 0.2) is 0 Å². The Bertz CT molecular complexity index is 384. The third-order valence-corrected chi connectivity index (χ3v) is 4.03. The van der Waals surface area contributed by atoms with Crippen molar-refractivity contribution in [3.63, 3.8) is 0 Å². The number of likely N-dealkylation sites (tertiary alicyclic amines) is 1. The van der Waals surface area contributed by atoms with Crippen LogP contribution in [-0.4, -0.2) is 40.8 Å². The molecular weight excluding hydrogens is 258 g/mol. The monoisotopic (exact) mass is 283 g/mol. The molecular formula is C15H25NO4. The number of hydrogen-bond donors (Lipinski definition) is 1. The second-order valence-corrected chi connectivity index (χ2v) is 7.10. The number of nitrogens with zero attached hydrogens (tertiary/aromatic N) is 1. The maximum Gasteiger partial charge on any atom is 0.410 e. The van der Waals surface area contributed by atoms with E-state index in [-0.39, 0.29) is 12.0 Å². The summed E-state index contributed by atoms with van der Waals surface area (Å²) in [7, 11) is 0. The average Bonchev–Trinajstić information content (AvgIpc) is 3.02. The fraction of sp³-hybridized carbons (Fsp3) is 0.867. The summed E-state index contributed by atoms with van der Waals surface area (Å²) < 4.78 is 5.35. The number of ether oxygens (including phenoxy) is 1. The molecule has 20 heavy (non-hydrogen) atoms. The smallest absolute Gasteiger partial charge is 0.410 e. The molecule has 2 aliphatic rings. The van der Waals surface area contributed by atoms with Crippen molar-refractivity contribution in [2.75, 3.05) is 13.1 Å². The predicted molar refractivity (Wildman–Crippen MR) is 74.4 cm³/mol. The van der Waals surface area contributed by atoms with E-state index in [4.69, 9.17) is 4.74 Å². The number of carbonyl (C=O) groups excluding carboxylic acids is 1. The highest BCUT2D eigenvalue weighted by Crippen LogP contribution is 2.41. The lowest BCUT2D eigenvalue weighted by atomic mass is 9.90. The summed E-state index contributed by atoms with van der Waals surface area (Å²) in [6.45, 7) is 6.87. The van der Waals surface area contributed by atoms with Gasteiger partial charge in [-0.2, -0.15) is 0 Å². The molecule has 2 atom stereocenters. The molecule has 2 rings (SSSR count). The summed E-state index contributed by atoms with van der Waals surface area (Å²) in [6, 6.07) is 0. The van der Waals surface area contributed by atoms with E-state index >= 15 is 0 Å². The summed E-state index contributed by atoms with van der Waals surface area (Å²) >= 11 is 0. The molecule has 1 aliphatic heterocycles. The molecule has 0 radical (unpaired) electrons. The van der Waals surface area contributed by atoms with Gasteiger partial charge in [0.25, 0.3) is 0 Å². The molecule has 1 aliphatic carbocycles. The van der Waals surface area contributed by atoms with E-state index in [1.807, 2.05) is 20.8 Å². The van der Waals surface area contributed by atoms with E-state index in [1.165, 1.54) is 0 Å². The Morgan fingerprint density at radius 1 is 1.30 bits per heavy atom. The zero-order chi connectivity index (χ0) is 14.9. The summed E-state index contributed by atoms with van der Waals surface area (Å²) in [5.41, 5.74) is -0.479. The molecule has 1 amide bonds. The largest absolute Gasteiger partial charge is 0.481 e. The van der Waals surface area contributed by atoms with Gasteiger partial charge in [-0.3, -0.25) is 4.79 Å². The minimum atomic E-state index is -0.678. The second kappa shape index (κ2) is 5.62. The van der Waals surface area contributed by atoms with Gasteiger partial charge >= 0.3 is 12.1 Å². The number of aliphatic carboxylic acids is 1. The van der Waals surface area contributed by atoms with Gasteiger partial charge in [0.15, 0.2) is 0 Å². The number of carbonyl (C=O) groups is 2. The van der Waals surface area contributed by atoms with Crippen molar-refractivity contribution >= 4 is 12.1 Å². The third kappa shape index (κ3) is 4.12. The summed E-state index contributed by atoms with van der Waals surface area (Å²) in [4.78, 5) is 24.9. The predicted octanol–water partition coefficient (Wildman–Crippen LogP) is 2.74. The maximum atomic E-state index is 12.0. The minimum Gasteiger partial charge on any atom is -0.481 e. The van der Waals surface area contributed by atoms with Gasteiger partial charge in [0.2, 0.25) is 0 Å². The zero-order valence-electron chi connectivity index (χ0n) is 12.6. The van der Waals surface area contributed by atoms with Crippen molar-refractivity contribution in [2.45, 2.75) is 52.1 Å². The van der Waals surface area contributed by atoms with Gasteiger partial charge in [-0.1, -0.05) is 0 Å². The van der Waals surface area contributed by atoms with Crippen LogP contribution in [0.3, 0.4) is 0 Å². The second-order valence-electron chi connectivity index (χ2n) is 7.10. The quantitative estimate of drug-likeness (QED) is 0.861. The normalized spacial score (nSPS) is 24.6. The van der Waals surface area contributed by atoms with E-state index in [0.29, 0.717) is 31.3 Å². The standard InChI is InChI=1S/C15H25NO4/c1-15(2,3)20-14(19)16-7-6-10(9-16)8-12(13(17)18)11-4-5-11/h10-12H,4-9H2,1-3H3,(H,17,18). The van der Waals surface area contributed by atoms with Gasteiger partial charge in [-0.15, -0.1) is 0 Å². The first kappa shape index (κ1) is 15.1. The van der Waals surface area contributed by atoms with Gasteiger partial charge in [-0.05, 0) is 58.3 Å². The SMILES string of the molecule is CC(C)(C)OC(=O)N1CCC(CC(C(=O)O)C2CC2)C1. The Morgan fingerprint density at radius 2 is 1.95 bits per heavy atom. The molecule has 1 N–H and O–H groups in total. The molecule has 0 spiro atoms. The Hall–Kier alpha value is -1.26. The van der Waals surface area contributed by atoms with Crippen molar-refractivity contribution in [2.24, 2.45) is 17.8 Å². The highest BCUT2D eigenvalue weighted by molar-refractivity contribution is 5.71. The highest BCUT2D eigenvalue weighted by Gasteiger charge is 2.39. The van der Waals surface area contributed by atoms with Crippen LogP contribution in [0, 0.1) is 17.8 Å². The number of hydrogen-bond acceptors (Lipinski definition) is 3. The Labute approximate surface area is 120 Å². The number of rotatable bonds is 4. The van der Waals surface area contributed by atoms with Crippen molar-refractivity contribution in [1.29, 1.82) is 0 Å². The lowest BCUT2D eigenvalue weighted by Crippen LogP contribution is -2.35. The average molecular weight is 283 g/mol. The van der Waals surface area contributed by atoms with Crippen molar-refractivity contribution in [1.82, 2.24) is 4.90 Å². The Kier molecular flexibility index (Phi) is 4.25. The van der Waals surface area contributed by atoms with Crippen molar-refractivity contribution in [3.05, 3.63) is 0 Å². The fourth-order valence-corrected chi connectivity index (χ4v) is 2.87. The van der Waals surface area contributed by atoms with Crippen molar-refractivity contribution in [3.8, 4) is 0 Å². The lowest BCUT2D eigenvalue weighted by Gasteiger charge is -2.24. The van der Waals surface area contributed by atoms with E-state index in [1.54, 1.807) is 4.90 Å². The van der Waals surface area contributed by atoms with Gasteiger partial charge in [0, 0.05) is 13.1 Å². The van der Waals surface area contributed by atoms with Crippen LogP contribution >= 0.6 is 0 Å². The first-order valence-corrected chi connectivity index (χ1v) is 7.47.